The van der Waals surface area contributed by atoms with E-state index in [9.17, 15) is 13.2 Å². The highest BCUT2D eigenvalue weighted by Crippen LogP contribution is 2.19. The van der Waals surface area contributed by atoms with Gasteiger partial charge in [-0.2, -0.15) is 0 Å². The fourth-order valence-corrected chi connectivity index (χ4v) is 4.01. The summed E-state index contributed by atoms with van der Waals surface area (Å²) in [4.78, 5) is 12.2. The van der Waals surface area contributed by atoms with Crippen LogP contribution >= 0.6 is 15.9 Å². The summed E-state index contributed by atoms with van der Waals surface area (Å²) >= 11 is 3.31. The van der Waals surface area contributed by atoms with Crippen molar-refractivity contribution in [2.45, 2.75) is 25.2 Å². The van der Waals surface area contributed by atoms with Crippen molar-refractivity contribution in [3.63, 3.8) is 0 Å². The van der Waals surface area contributed by atoms with Gasteiger partial charge in [0.15, 0.2) is 9.84 Å². The van der Waals surface area contributed by atoms with Crippen LogP contribution in [0.5, 0.6) is 0 Å². The van der Waals surface area contributed by atoms with E-state index in [4.69, 9.17) is 0 Å². The molecule has 0 fully saturated rings. The third-order valence-electron chi connectivity index (χ3n) is 3.39. The lowest BCUT2D eigenvalue weighted by Crippen LogP contribution is -2.18. The lowest BCUT2D eigenvalue weighted by atomic mass is 10.2. The molecule has 0 unspecified atom stereocenters. The first-order valence-corrected chi connectivity index (χ1v) is 9.58. The fraction of sp³-hybridized carbons (Fsp3) is 0.235. The summed E-state index contributed by atoms with van der Waals surface area (Å²) in [5.74, 6) is -0.528. The normalized spacial score (nSPS) is 11.3. The number of rotatable bonds is 5. The molecule has 2 aromatic rings. The molecule has 1 amide bonds. The Morgan fingerprint density at radius 2 is 1.74 bits per heavy atom. The second-order valence-corrected chi connectivity index (χ2v) is 8.39. The van der Waals surface area contributed by atoms with Crippen molar-refractivity contribution in [3.05, 3.63) is 58.1 Å². The minimum absolute atomic E-state index is 0.0777. The van der Waals surface area contributed by atoms with Gasteiger partial charge in [0.05, 0.1) is 10.6 Å². The number of amides is 1. The topological polar surface area (TPSA) is 63.2 Å². The number of nitrogens with one attached hydrogen (secondary N) is 1. The maximum absolute atomic E-state index is 12.4. The zero-order valence-electron chi connectivity index (χ0n) is 13.0. The zero-order valence-corrected chi connectivity index (χ0v) is 15.4. The number of hydrogen-bond acceptors (Lipinski definition) is 3. The van der Waals surface area contributed by atoms with Gasteiger partial charge in [0, 0.05) is 16.6 Å². The SMILES string of the molecule is Cc1ccc(S(=O)(=O)CCC(=O)Nc2ccc(Br)cc2)c(C)c1. The molecule has 0 saturated heterocycles. The standard InChI is InChI=1S/C17H18BrNO3S/c1-12-3-8-16(13(2)11-12)23(21,22)10-9-17(20)19-15-6-4-14(18)5-7-15/h3-8,11H,9-10H2,1-2H3,(H,19,20). The highest BCUT2D eigenvalue weighted by molar-refractivity contribution is 9.10. The van der Waals surface area contributed by atoms with Gasteiger partial charge in [-0.3, -0.25) is 4.79 Å². The van der Waals surface area contributed by atoms with Crippen LogP contribution in [0.3, 0.4) is 0 Å². The molecule has 0 radical (unpaired) electrons. The third kappa shape index (κ3) is 4.91. The van der Waals surface area contributed by atoms with Crippen molar-refractivity contribution in [1.82, 2.24) is 0 Å². The number of carbonyl (C=O) groups excluding carboxylic acids is 1. The van der Waals surface area contributed by atoms with Gasteiger partial charge in [-0.1, -0.05) is 33.6 Å². The van der Waals surface area contributed by atoms with Gasteiger partial charge < -0.3 is 5.32 Å². The quantitative estimate of drug-likeness (QED) is 0.835. The molecule has 0 heterocycles. The van der Waals surface area contributed by atoms with Gasteiger partial charge in [0.25, 0.3) is 0 Å². The average molecular weight is 396 g/mol. The Hall–Kier alpha value is -1.66. The monoisotopic (exact) mass is 395 g/mol. The Labute approximate surface area is 145 Å². The molecule has 2 rings (SSSR count). The molecule has 0 saturated carbocycles. The van der Waals surface area contributed by atoms with E-state index < -0.39 is 9.84 Å². The summed E-state index contributed by atoms with van der Waals surface area (Å²) in [6, 6.07) is 12.3. The number of carbonyl (C=O) groups is 1. The number of benzene rings is 2. The maximum Gasteiger partial charge on any atom is 0.225 e. The van der Waals surface area contributed by atoms with E-state index >= 15 is 0 Å². The van der Waals surface area contributed by atoms with Crippen LogP contribution in [0.15, 0.2) is 51.8 Å². The molecular formula is C17H18BrNO3S. The number of anilines is 1. The Kier molecular flexibility index (Phi) is 5.59. The first-order chi connectivity index (χ1) is 10.8. The molecule has 1 N–H and O–H groups in total. The third-order valence-corrected chi connectivity index (χ3v) is 5.79. The van der Waals surface area contributed by atoms with Gasteiger partial charge in [0.2, 0.25) is 5.91 Å². The fourth-order valence-electron chi connectivity index (χ4n) is 2.24. The van der Waals surface area contributed by atoms with E-state index in [2.05, 4.69) is 21.2 Å². The van der Waals surface area contributed by atoms with Gasteiger partial charge in [0.1, 0.15) is 0 Å². The van der Waals surface area contributed by atoms with Gasteiger partial charge in [-0.15, -0.1) is 0 Å². The zero-order chi connectivity index (χ0) is 17.0. The number of sulfone groups is 1. The van der Waals surface area contributed by atoms with E-state index in [0.29, 0.717) is 16.1 Å². The Morgan fingerprint density at radius 3 is 2.35 bits per heavy atom. The molecule has 0 aliphatic rings. The Balaban J connectivity index is 2.01. The summed E-state index contributed by atoms with van der Waals surface area (Å²) < 4.78 is 25.7. The molecule has 122 valence electrons. The van der Waals surface area contributed by atoms with Crippen LogP contribution < -0.4 is 5.32 Å². The minimum atomic E-state index is -3.47. The van der Waals surface area contributed by atoms with Crippen molar-refractivity contribution in [2.24, 2.45) is 0 Å². The summed E-state index contributed by atoms with van der Waals surface area (Å²) in [5, 5.41) is 2.69. The van der Waals surface area contributed by atoms with Crippen molar-refractivity contribution < 1.29 is 13.2 Å². The molecular weight excluding hydrogens is 378 g/mol. The molecule has 4 nitrogen and oxygen atoms in total. The van der Waals surface area contributed by atoms with E-state index in [1.54, 1.807) is 31.2 Å². The maximum atomic E-state index is 12.4. The Bertz CT molecular complexity index is 814. The van der Waals surface area contributed by atoms with Gasteiger partial charge in [-0.25, -0.2) is 8.42 Å². The predicted octanol–water partition coefficient (Wildman–Crippen LogP) is 3.87. The van der Waals surface area contributed by atoms with Gasteiger partial charge >= 0.3 is 0 Å². The van der Waals surface area contributed by atoms with Gasteiger partial charge in [-0.05, 0) is 49.7 Å². The van der Waals surface area contributed by atoms with E-state index in [1.807, 2.05) is 25.1 Å². The van der Waals surface area contributed by atoms with E-state index in [-0.39, 0.29) is 18.1 Å². The molecule has 0 aliphatic heterocycles. The van der Waals surface area contributed by atoms with Crippen molar-refractivity contribution >= 4 is 37.4 Å². The van der Waals surface area contributed by atoms with Crippen LogP contribution in [0.25, 0.3) is 0 Å². The average Bonchev–Trinajstić information content (AvgIpc) is 2.47. The van der Waals surface area contributed by atoms with Crippen LogP contribution in [0.2, 0.25) is 0 Å². The molecule has 0 aromatic heterocycles. The highest BCUT2D eigenvalue weighted by atomic mass is 79.9. The summed E-state index contributed by atoms with van der Waals surface area (Å²) in [5.41, 5.74) is 2.36. The van der Waals surface area contributed by atoms with Crippen LogP contribution in [-0.4, -0.2) is 20.1 Å². The van der Waals surface area contributed by atoms with Crippen LogP contribution in [-0.2, 0) is 14.6 Å². The first-order valence-electron chi connectivity index (χ1n) is 7.13. The van der Waals surface area contributed by atoms with Crippen molar-refractivity contribution in [2.75, 3.05) is 11.1 Å². The van der Waals surface area contributed by atoms with E-state index in [0.717, 1.165) is 10.0 Å². The van der Waals surface area contributed by atoms with Crippen molar-refractivity contribution in [3.8, 4) is 0 Å². The molecule has 2 aromatic carbocycles. The summed E-state index contributed by atoms with van der Waals surface area (Å²) in [6.07, 6.45) is -0.0777. The second kappa shape index (κ2) is 7.27. The molecule has 0 aliphatic carbocycles. The van der Waals surface area contributed by atoms with Crippen LogP contribution in [0.4, 0.5) is 5.69 Å². The first kappa shape index (κ1) is 17.7. The number of hydrogen-bond donors (Lipinski definition) is 1. The van der Waals surface area contributed by atoms with Crippen LogP contribution in [0.1, 0.15) is 17.5 Å². The number of halogens is 1. The molecule has 23 heavy (non-hydrogen) atoms. The van der Waals surface area contributed by atoms with Crippen molar-refractivity contribution in [1.29, 1.82) is 0 Å². The smallest absolute Gasteiger partial charge is 0.225 e. The Morgan fingerprint density at radius 1 is 1.09 bits per heavy atom. The summed E-state index contributed by atoms with van der Waals surface area (Å²) in [6.45, 7) is 3.68. The molecule has 0 spiro atoms. The highest BCUT2D eigenvalue weighted by Gasteiger charge is 2.18. The lowest BCUT2D eigenvalue weighted by molar-refractivity contribution is -0.115. The molecule has 6 heteroatoms. The second-order valence-electron chi connectivity index (χ2n) is 5.39. The largest absolute Gasteiger partial charge is 0.326 e. The predicted molar refractivity (Wildman–Crippen MR) is 95.4 cm³/mol. The number of aryl methyl sites for hydroxylation is 2. The molecule has 0 atom stereocenters. The molecule has 0 bridgehead atoms. The lowest BCUT2D eigenvalue weighted by Gasteiger charge is -2.09. The van der Waals surface area contributed by atoms with Crippen LogP contribution in [0, 0.1) is 13.8 Å². The van der Waals surface area contributed by atoms with E-state index in [1.165, 1.54) is 0 Å². The summed E-state index contributed by atoms with van der Waals surface area (Å²) in [7, 11) is -3.47. The minimum Gasteiger partial charge on any atom is -0.326 e.